The van der Waals surface area contributed by atoms with Crippen molar-refractivity contribution in [3.8, 4) is 11.1 Å². The van der Waals surface area contributed by atoms with Gasteiger partial charge in [-0.25, -0.2) is 0 Å². The van der Waals surface area contributed by atoms with Gasteiger partial charge in [0, 0.05) is 18.4 Å². The Balaban J connectivity index is 1.40. The molecule has 47 heavy (non-hydrogen) atoms. The fourth-order valence-electron chi connectivity index (χ4n) is 8.64. The van der Waals surface area contributed by atoms with E-state index in [1.807, 2.05) is 0 Å². The van der Waals surface area contributed by atoms with Crippen LogP contribution in [-0.4, -0.2) is 7.05 Å². The molecule has 0 bridgehead atoms. The molecule has 0 saturated heterocycles. The van der Waals surface area contributed by atoms with E-state index in [9.17, 15) is 0 Å². The summed E-state index contributed by atoms with van der Waals surface area (Å²) >= 11 is 0. The van der Waals surface area contributed by atoms with Gasteiger partial charge in [0.25, 0.3) is 0 Å². The highest BCUT2D eigenvalue weighted by molar-refractivity contribution is 6.12. The summed E-state index contributed by atoms with van der Waals surface area (Å²) in [4.78, 5) is 2.38. The molecule has 5 aromatic rings. The zero-order valence-corrected chi connectivity index (χ0v) is 28.1. The van der Waals surface area contributed by atoms with Crippen LogP contribution in [0.1, 0.15) is 69.8 Å². The average molecular weight is 608 g/mol. The Morgan fingerprint density at radius 1 is 0.681 bits per heavy atom. The van der Waals surface area contributed by atoms with Crippen LogP contribution < -0.4 is 4.90 Å². The third-order valence-electron chi connectivity index (χ3n) is 10.9. The van der Waals surface area contributed by atoms with Crippen LogP contribution in [0.25, 0.3) is 27.8 Å². The molecule has 1 spiro atoms. The van der Waals surface area contributed by atoms with E-state index in [2.05, 4.69) is 168 Å². The minimum atomic E-state index is -0.467. The van der Waals surface area contributed by atoms with Crippen LogP contribution in [0.5, 0.6) is 0 Å². The van der Waals surface area contributed by atoms with Gasteiger partial charge in [0.15, 0.2) is 0 Å². The van der Waals surface area contributed by atoms with E-state index in [1.165, 1.54) is 94.9 Å². The fraction of sp³-hybridized carbons (Fsp3) is 0.174. The first-order valence-electron chi connectivity index (χ1n) is 16.8. The fourth-order valence-corrected chi connectivity index (χ4v) is 8.64. The lowest BCUT2D eigenvalue weighted by molar-refractivity contribution is 0.839. The zero-order chi connectivity index (χ0) is 32.4. The number of benzene rings is 5. The molecule has 0 N–H and O–H groups in total. The molecule has 230 valence electrons. The van der Waals surface area contributed by atoms with E-state index in [0.29, 0.717) is 0 Å². The Bertz CT molecular complexity index is 2220. The van der Waals surface area contributed by atoms with Crippen LogP contribution in [0.3, 0.4) is 0 Å². The van der Waals surface area contributed by atoms with Gasteiger partial charge in [-0.1, -0.05) is 121 Å². The van der Waals surface area contributed by atoms with Crippen molar-refractivity contribution in [1.82, 2.24) is 0 Å². The summed E-state index contributed by atoms with van der Waals surface area (Å²) in [6.07, 6.45) is 8.98. The van der Waals surface area contributed by atoms with Crippen LogP contribution in [0.2, 0.25) is 0 Å². The van der Waals surface area contributed by atoms with Gasteiger partial charge >= 0.3 is 0 Å². The van der Waals surface area contributed by atoms with E-state index >= 15 is 0 Å². The minimum absolute atomic E-state index is 0.467. The molecule has 3 aliphatic rings. The summed E-state index contributed by atoms with van der Waals surface area (Å²) < 4.78 is 0. The van der Waals surface area contributed by atoms with Gasteiger partial charge in [-0.3, -0.25) is 0 Å². The third kappa shape index (κ3) is 4.16. The first-order chi connectivity index (χ1) is 22.9. The molecule has 0 saturated carbocycles. The molecule has 1 nitrogen and oxygen atoms in total. The highest BCUT2D eigenvalue weighted by Crippen LogP contribution is 2.65. The highest BCUT2D eigenvalue weighted by Gasteiger charge is 2.53. The third-order valence-corrected chi connectivity index (χ3v) is 10.9. The van der Waals surface area contributed by atoms with Crippen molar-refractivity contribution in [3.05, 3.63) is 184 Å². The van der Waals surface area contributed by atoms with Crippen molar-refractivity contribution in [1.29, 1.82) is 0 Å². The van der Waals surface area contributed by atoms with Crippen molar-refractivity contribution in [2.24, 2.45) is 0 Å². The summed E-state index contributed by atoms with van der Waals surface area (Å²) in [5, 5.41) is 0. The number of hydrogen-bond donors (Lipinski definition) is 0. The number of nitrogens with zero attached hydrogens (tertiary/aromatic N) is 1. The molecular formula is C46H41N. The quantitative estimate of drug-likeness (QED) is 0.192. The first kappa shape index (κ1) is 29.3. The Kier molecular flexibility index (Phi) is 6.84. The van der Waals surface area contributed by atoms with Crippen molar-refractivity contribution >= 4 is 28.1 Å². The Morgan fingerprint density at radius 2 is 1.38 bits per heavy atom. The van der Waals surface area contributed by atoms with Crippen LogP contribution in [-0.2, 0) is 5.41 Å². The lowest BCUT2D eigenvalue weighted by atomic mass is 9.67. The van der Waals surface area contributed by atoms with E-state index in [-0.39, 0.29) is 0 Å². The topological polar surface area (TPSA) is 3.24 Å². The Hall–Kier alpha value is -5.14. The van der Waals surface area contributed by atoms with Crippen molar-refractivity contribution in [3.63, 3.8) is 0 Å². The number of hydrogen-bond acceptors (Lipinski definition) is 1. The van der Waals surface area contributed by atoms with Gasteiger partial charge in [-0.05, 0) is 131 Å². The zero-order valence-electron chi connectivity index (χ0n) is 28.1. The molecular weight excluding hydrogens is 567 g/mol. The largest absolute Gasteiger partial charge is 0.344 e. The van der Waals surface area contributed by atoms with Crippen LogP contribution in [0.15, 0.2) is 134 Å². The maximum Gasteiger partial charge on any atom is 0.0732 e. The molecule has 1 unspecified atom stereocenters. The van der Waals surface area contributed by atoms with Gasteiger partial charge in [-0.2, -0.15) is 0 Å². The van der Waals surface area contributed by atoms with E-state index < -0.39 is 5.41 Å². The Labute approximate surface area is 279 Å². The lowest BCUT2D eigenvalue weighted by Gasteiger charge is -2.34. The SMILES string of the molecule is C=CC1=C(c2ccccc2C)C2(c3cc(C)ccc31)c1ccccc1-c1ccc(N(C)c3cccc(C4=C(C)CCC=C4)c3C)cc12. The Morgan fingerprint density at radius 3 is 2.17 bits per heavy atom. The van der Waals surface area contributed by atoms with Crippen LogP contribution >= 0.6 is 0 Å². The molecule has 8 rings (SSSR count). The van der Waals surface area contributed by atoms with E-state index in [1.54, 1.807) is 0 Å². The molecule has 0 aliphatic heterocycles. The van der Waals surface area contributed by atoms with E-state index in [4.69, 9.17) is 0 Å². The van der Waals surface area contributed by atoms with Gasteiger partial charge in [0.2, 0.25) is 0 Å². The lowest BCUT2D eigenvalue weighted by Crippen LogP contribution is -2.27. The van der Waals surface area contributed by atoms with Gasteiger partial charge in [-0.15, -0.1) is 0 Å². The number of aryl methyl sites for hydroxylation is 2. The maximum absolute atomic E-state index is 4.41. The van der Waals surface area contributed by atoms with Crippen molar-refractivity contribution in [2.45, 2.75) is 46.0 Å². The maximum atomic E-state index is 4.41. The molecule has 1 atom stereocenters. The second-order valence-corrected chi connectivity index (χ2v) is 13.5. The molecule has 0 heterocycles. The first-order valence-corrected chi connectivity index (χ1v) is 16.8. The summed E-state index contributed by atoms with van der Waals surface area (Å²) in [5.74, 6) is 0. The number of rotatable bonds is 5. The number of allylic oxidation sites excluding steroid dienone is 7. The van der Waals surface area contributed by atoms with Gasteiger partial charge in [0.05, 0.1) is 5.41 Å². The van der Waals surface area contributed by atoms with Gasteiger partial charge in [0.1, 0.15) is 0 Å². The molecule has 5 aromatic carbocycles. The molecule has 0 fully saturated rings. The summed E-state index contributed by atoms with van der Waals surface area (Å²) in [6.45, 7) is 13.4. The predicted octanol–water partition coefficient (Wildman–Crippen LogP) is 11.9. The average Bonchev–Trinajstić information content (AvgIpc) is 3.54. The van der Waals surface area contributed by atoms with Gasteiger partial charge < -0.3 is 4.90 Å². The highest BCUT2D eigenvalue weighted by atomic mass is 15.1. The molecule has 3 aliphatic carbocycles. The summed E-state index contributed by atoms with van der Waals surface area (Å²) in [7, 11) is 2.22. The second-order valence-electron chi connectivity index (χ2n) is 13.5. The number of anilines is 2. The van der Waals surface area contributed by atoms with E-state index in [0.717, 1.165) is 12.8 Å². The molecule has 0 radical (unpaired) electrons. The summed E-state index contributed by atoms with van der Waals surface area (Å²) in [5.41, 5.74) is 21.7. The standard InChI is InChI=1S/C46H41N/c1-7-34-39-25-23-29(2)27-42(39)46(45(34)36-18-11-9-16-31(36)4)41-21-13-12-19-38(41)40-26-24-33(28-43(40)46)47(6)44-22-14-20-37(32(44)5)35-17-10-8-15-30(35)3/h7,9-14,16-28H,1,8,15H2,2-6H3. The molecule has 0 aromatic heterocycles. The second kappa shape index (κ2) is 11.0. The smallest absolute Gasteiger partial charge is 0.0732 e. The predicted molar refractivity (Wildman–Crippen MR) is 201 cm³/mol. The van der Waals surface area contributed by atoms with Crippen LogP contribution in [0.4, 0.5) is 11.4 Å². The minimum Gasteiger partial charge on any atom is -0.344 e. The number of fused-ring (bicyclic) bond motifs is 7. The monoisotopic (exact) mass is 607 g/mol. The summed E-state index contributed by atoms with van der Waals surface area (Å²) in [6, 6.07) is 38.8. The van der Waals surface area contributed by atoms with Crippen LogP contribution in [0, 0.1) is 20.8 Å². The van der Waals surface area contributed by atoms with Crippen molar-refractivity contribution in [2.75, 3.05) is 11.9 Å². The molecule has 0 amide bonds. The normalized spacial score (nSPS) is 17.6. The van der Waals surface area contributed by atoms with Crippen molar-refractivity contribution < 1.29 is 0 Å². The molecule has 1 heteroatoms.